The van der Waals surface area contributed by atoms with Crippen molar-refractivity contribution >= 4 is 28.2 Å². The number of para-hydroxylation sites is 1. The maximum atomic E-state index is 6.02. The van der Waals surface area contributed by atoms with Crippen LogP contribution in [0.15, 0.2) is 48.5 Å². The van der Waals surface area contributed by atoms with Gasteiger partial charge in [-0.25, -0.2) is 5.43 Å². The summed E-state index contributed by atoms with van der Waals surface area (Å²) in [5.41, 5.74) is 9.36. The third kappa shape index (κ3) is 2.70. The molecule has 0 atom stereocenters. The van der Waals surface area contributed by atoms with Gasteiger partial charge in [0.05, 0.1) is 5.52 Å². The summed E-state index contributed by atoms with van der Waals surface area (Å²) in [6.45, 7) is 0.701. The minimum absolute atomic E-state index is 0.577. The molecule has 5 heteroatoms. The van der Waals surface area contributed by atoms with E-state index in [1.807, 2.05) is 48.5 Å². The van der Waals surface area contributed by atoms with Gasteiger partial charge in [0.2, 0.25) is 0 Å². The number of fused-ring (bicyclic) bond motifs is 1. The molecule has 3 rings (SSSR count). The molecule has 0 saturated carbocycles. The number of H-pyrrole nitrogens is 1. The molecule has 0 radical (unpaired) electrons. The van der Waals surface area contributed by atoms with Crippen molar-refractivity contribution in [1.29, 1.82) is 0 Å². The number of aromatic nitrogens is 2. The van der Waals surface area contributed by atoms with Gasteiger partial charge in [0.15, 0.2) is 0 Å². The molecule has 1 heterocycles. The zero-order valence-corrected chi connectivity index (χ0v) is 10.9. The van der Waals surface area contributed by atoms with Gasteiger partial charge in [0.25, 0.3) is 0 Å². The largest absolute Gasteiger partial charge is 0.321 e. The molecule has 0 unspecified atom stereocenters. The van der Waals surface area contributed by atoms with E-state index in [1.54, 1.807) is 0 Å². The van der Waals surface area contributed by atoms with E-state index < -0.39 is 0 Å². The van der Waals surface area contributed by atoms with Crippen molar-refractivity contribution in [2.75, 3.05) is 5.43 Å². The molecule has 0 aliphatic rings. The Morgan fingerprint density at radius 1 is 1.11 bits per heavy atom. The SMILES string of the molecule is Clc1[nH]nc2ccc(CNNc3ccccc3)cc12. The van der Waals surface area contributed by atoms with Crippen LogP contribution in [0, 0.1) is 0 Å². The molecule has 3 N–H and O–H groups in total. The van der Waals surface area contributed by atoms with E-state index in [0.717, 1.165) is 22.2 Å². The highest BCUT2D eigenvalue weighted by Gasteiger charge is 2.03. The van der Waals surface area contributed by atoms with E-state index in [1.165, 1.54) is 0 Å². The second-order valence-corrected chi connectivity index (χ2v) is 4.61. The van der Waals surface area contributed by atoms with Gasteiger partial charge in [-0.1, -0.05) is 35.9 Å². The van der Waals surface area contributed by atoms with Gasteiger partial charge in [0, 0.05) is 17.6 Å². The van der Waals surface area contributed by atoms with Gasteiger partial charge in [-0.3, -0.25) is 5.10 Å². The number of nitrogens with zero attached hydrogens (tertiary/aromatic N) is 1. The maximum absolute atomic E-state index is 6.02. The molecule has 0 fully saturated rings. The van der Waals surface area contributed by atoms with Gasteiger partial charge in [-0.2, -0.15) is 5.10 Å². The van der Waals surface area contributed by atoms with E-state index in [-0.39, 0.29) is 0 Å². The fraction of sp³-hybridized carbons (Fsp3) is 0.0714. The minimum atomic E-state index is 0.577. The molecule has 4 nitrogen and oxygen atoms in total. The Balaban J connectivity index is 1.67. The van der Waals surface area contributed by atoms with Gasteiger partial charge < -0.3 is 5.43 Å². The van der Waals surface area contributed by atoms with Crippen LogP contribution in [0.3, 0.4) is 0 Å². The van der Waals surface area contributed by atoms with E-state index in [4.69, 9.17) is 11.6 Å². The van der Waals surface area contributed by atoms with Crippen molar-refractivity contribution in [3.8, 4) is 0 Å². The van der Waals surface area contributed by atoms with Crippen molar-refractivity contribution < 1.29 is 0 Å². The normalized spacial score (nSPS) is 10.8. The van der Waals surface area contributed by atoms with Crippen LogP contribution in [0.25, 0.3) is 10.9 Å². The fourth-order valence-corrected chi connectivity index (χ4v) is 2.10. The molecule has 19 heavy (non-hydrogen) atoms. The Kier molecular flexibility index (Phi) is 3.35. The smallest absolute Gasteiger partial charge is 0.132 e. The third-order valence-electron chi connectivity index (χ3n) is 2.87. The number of hydrogen-bond acceptors (Lipinski definition) is 3. The third-order valence-corrected chi connectivity index (χ3v) is 3.16. The minimum Gasteiger partial charge on any atom is -0.321 e. The summed E-state index contributed by atoms with van der Waals surface area (Å²) in [6.07, 6.45) is 0. The summed E-state index contributed by atoms with van der Waals surface area (Å²) >= 11 is 6.02. The zero-order chi connectivity index (χ0) is 13.1. The van der Waals surface area contributed by atoms with Crippen LogP contribution in [0.1, 0.15) is 5.56 Å². The first kappa shape index (κ1) is 12.0. The lowest BCUT2D eigenvalue weighted by molar-refractivity contribution is 0.802. The molecule has 1 aromatic heterocycles. The molecular formula is C14H13ClN4. The average molecular weight is 273 g/mol. The van der Waals surface area contributed by atoms with Gasteiger partial charge >= 0.3 is 0 Å². The molecule has 0 saturated heterocycles. The Morgan fingerprint density at radius 3 is 2.79 bits per heavy atom. The van der Waals surface area contributed by atoms with E-state index in [9.17, 15) is 0 Å². The highest BCUT2D eigenvalue weighted by Crippen LogP contribution is 2.21. The molecular weight excluding hydrogens is 260 g/mol. The Bertz CT molecular complexity index is 678. The Labute approximate surface area is 115 Å². The quantitative estimate of drug-likeness (QED) is 0.639. The lowest BCUT2D eigenvalue weighted by Crippen LogP contribution is -2.20. The number of hydrazine groups is 1. The first-order valence-electron chi connectivity index (χ1n) is 5.99. The lowest BCUT2D eigenvalue weighted by atomic mass is 10.1. The topological polar surface area (TPSA) is 52.7 Å². The summed E-state index contributed by atoms with van der Waals surface area (Å²) < 4.78 is 0. The van der Waals surface area contributed by atoms with Crippen LogP contribution in [0.5, 0.6) is 0 Å². The van der Waals surface area contributed by atoms with Gasteiger partial charge in [-0.15, -0.1) is 0 Å². The van der Waals surface area contributed by atoms with Crippen molar-refractivity contribution in [3.05, 3.63) is 59.2 Å². The second-order valence-electron chi connectivity index (χ2n) is 4.23. The number of rotatable bonds is 4. The molecule has 0 bridgehead atoms. The predicted molar refractivity (Wildman–Crippen MR) is 78.0 cm³/mol. The van der Waals surface area contributed by atoms with Gasteiger partial charge in [-0.05, 0) is 29.8 Å². The van der Waals surface area contributed by atoms with Crippen LogP contribution in [-0.4, -0.2) is 10.2 Å². The average Bonchev–Trinajstić information content (AvgIpc) is 2.82. The van der Waals surface area contributed by atoms with E-state index in [2.05, 4.69) is 21.0 Å². The first-order valence-corrected chi connectivity index (χ1v) is 6.37. The number of anilines is 1. The molecule has 0 aliphatic heterocycles. The summed E-state index contributed by atoms with van der Waals surface area (Å²) in [4.78, 5) is 0. The molecule has 3 aromatic rings. The number of hydrogen-bond donors (Lipinski definition) is 3. The molecule has 0 spiro atoms. The van der Waals surface area contributed by atoms with Crippen LogP contribution >= 0.6 is 11.6 Å². The fourth-order valence-electron chi connectivity index (χ4n) is 1.91. The highest BCUT2D eigenvalue weighted by atomic mass is 35.5. The second kappa shape index (κ2) is 5.30. The summed E-state index contributed by atoms with van der Waals surface area (Å²) in [5, 5.41) is 8.38. The van der Waals surface area contributed by atoms with Crippen LogP contribution < -0.4 is 10.9 Å². The Morgan fingerprint density at radius 2 is 1.95 bits per heavy atom. The summed E-state index contributed by atoms with van der Waals surface area (Å²) in [7, 11) is 0. The monoisotopic (exact) mass is 272 g/mol. The standard InChI is InChI=1S/C14H13ClN4/c15-14-12-8-10(6-7-13(12)18-19-14)9-16-17-11-4-2-1-3-5-11/h1-8,16-17H,9H2,(H,18,19). The van der Waals surface area contributed by atoms with Crippen molar-refractivity contribution in [2.24, 2.45) is 0 Å². The van der Waals surface area contributed by atoms with E-state index >= 15 is 0 Å². The molecule has 96 valence electrons. The number of benzene rings is 2. The zero-order valence-electron chi connectivity index (χ0n) is 10.2. The predicted octanol–water partition coefficient (Wildman–Crippen LogP) is 3.33. The number of aromatic amines is 1. The lowest BCUT2D eigenvalue weighted by Gasteiger charge is -2.08. The van der Waals surface area contributed by atoms with Crippen molar-refractivity contribution in [2.45, 2.75) is 6.54 Å². The van der Waals surface area contributed by atoms with Crippen molar-refractivity contribution in [1.82, 2.24) is 15.6 Å². The highest BCUT2D eigenvalue weighted by molar-refractivity contribution is 6.34. The molecule has 0 amide bonds. The first-order chi connectivity index (χ1) is 9.33. The van der Waals surface area contributed by atoms with Crippen LogP contribution in [0.2, 0.25) is 5.15 Å². The van der Waals surface area contributed by atoms with Crippen LogP contribution in [0.4, 0.5) is 5.69 Å². The number of halogens is 1. The van der Waals surface area contributed by atoms with Crippen molar-refractivity contribution in [3.63, 3.8) is 0 Å². The van der Waals surface area contributed by atoms with Crippen LogP contribution in [-0.2, 0) is 6.54 Å². The Hall–Kier alpha value is -2.04. The molecule has 2 aromatic carbocycles. The maximum Gasteiger partial charge on any atom is 0.132 e. The summed E-state index contributed by atoms with van der Waals surface area (Å²) in [6, 6.07) is 16.0. The molecule has 0 aliphatic carbocycles. The van der Waals surface area contributed by atoms with E-state index in [0.29, 0.717) is 11.7 Å². The van der Waals surface area contributed by atoms with Gasteiger partial charge in [0.1, 0.15) is 5.15 Å². The summed E-state index contributed by atoms with van der Waals surface area (Å²) in [5.74, 6) is 0. The number of nitrogens with one attached hydrogen (secondary N) is 3.